The Morgan fingerprint density at radius 2 is 2.00 bits per heavy atom. The number of benzene rings is 1. The molecule has 1 amide bonds. The minimum atomic E-state index is 0.0995. The second-order valence-corrected chi connectivity index (χ2v) is 6.77. The average Bonchev–Trinajstić information content (AvgIpc) is 2.35. The summed E-state index contributed by atoms with van der Waals surface area (Å²) >= 11 is 1.56. The number of thioether (sulfide) groups is 1. The fourth-order valence-electron chi connectivity index (χ4n) is 1.95. The number of nitrogens with two attached hydrogens (primary N) is 1. The highest BCUT2D eigenvalue weighted by Crippen LogP contribution is 2.23. The third-order valence-corrected chi connectivity index (χ3v) is 4.32. The number of anilines is 1. The molecule has 0 heterocycles. The van der Waals surface area contributed by atoms with Gasteiger partial charge in [-0.2, -0.15) is 0 Å². The van der Waals surface area contributed by atoms with E-state index in [0.29, 0.717) is 11.7 Å². The van der Waals surface area contributed by atoms with Crippen LogP contribution >= 0.6 is 11.8 Å². The highest BCUT2D eigenvalue weighted by molar-refractivity contribution is 8.00. The van der Waals surface area contributed by atoms with Crippen molar-refractivity contribution in [1.29, 1.82) is 0 Å². The van der Waals surface area contributed by atoms with Crippen LogP contribution in [-0.4, -0.2) is 17.7 Å². The van der Waals surface area contributed by atoms with Crippen LogP contribution < -0.4 is 11.1 Å². The number of aryl methyl sites for hydroxylation is 1. The molecule has 0 aliphatic rings. The Hall–Kier alpha value is -1.16. The zero-order valence-corrected chi connectivity index (χ0v) is 13.7. The van der Waals surface area contributed by atoms with Gasteiger partial charge in [-0.1, -0.05) is 13.8 Å². The molecule has 0 aliphatic heterocycles. The number of nitrogens with one attached hydrogen (secondary N) is 1. The van der Waals surface area contributed by atoms with Gasteiger partial charge in [0.1, 0.15) is 0 Å². The van der Waals surface area contributed by atoms with Gasteiger partial charge in [-0.05, 0) is 56.4 Å². The molecule has 3 nitrogen and oxygen atoms in total. The molecule has 1 unspecified atom stereocenters. The number of hydrogen-bond donors (Lipinski definition) is 2. The predicted octanol–water partition coefficient (Wildman–Crippen LogP) is 3.61. The van der Waals surface area contributed by atoms with Crippen LogP contribution in [0.5, 0.6) is 0 Å². The molecule has 0 saturated heterocycles. The second-order valence-electron chi connectivity index (χ2n) is 5.75. The first kappa shape index (κ1) is 16.9. The summed E-state index contributed by atoms with van der Waals surface area (Å²) in [5, 5.41) is 3.05. The molecule has 0 aliphatic carbocycles. The Bertz CT molecular complexity index is 446. The first-order valence-corrected chi connectivity index (χ1v) is 8.15. The van der Waals surface area contributed by atoms with E-state index in [1.165, 1.54) is 0 Å². The van der Waals surface area contributed by atoms with Gasteiger partial charge in [0.15, 0.2) is 0 Å². The zero-order valence-electron chi connectivity index (χ0n) is 12.9. The number of nitrogen functional groups attached to an aromatic ring is 1. The lowest BCUT2D eigenvalue weighted by atomic mass is 10.0. The number of carbonyl (C=O) groups excluding carboxylic acids is 1. The van der Waals surface area contributed by atoms with E-state index in [9.17, 15) is 4.79 Å². The normalized spacial score (nSPS) is 12.4. The molecule has 1 aromatic rings. The van der Waals surface area contributed by atoms with Crippen molar-refractivity contribution in [2.24, 2.45) is 5.92 Å². The lowest BCUT2D eigenvalue weighted by molar-refractivity contribution is -0.119. The Balaban J connectivity index is 2.36. The molecule has 3 N–H and O–H groups in total. The third kappa shape index (κ3) is 6.33. The maximum Gasteiger partial charge on any atom is 0.230 e. The maximum absolute atomic E-state index is 11.9. The summed E-state index contributed by atoms with van der Waals surface area (Å²) in [6.45, 7) is 8.49. The summed E-state index contributed by atoms with van der Waals surface area (Å²) in [4.78, 5) is 13.0. The van der Waals surface area contributed by atoms with Crippen molar-refractivity contribution in [1.82, 2.24) is 5.32 Å². The van der Waals surface area contributed by atoms with Gasteiger partial charge in [0.25, 0.3) is 0 Å². The molecule has 0 bridgehead atoms. The molecule has 0 aromatic heterocycles. The fourth-order valence-corrected chi connectivity index (χ4v) is 2.77. The number of hydrogen-bond acceptors (Lipinski definition) is 3. The Labute approximate surface area is 126 Å². The van der Waals surface area contributed by atoms with Crippen molar-refractivity contribution in [3.63, 3.8) is 0 Å². The van der Waals surface area contributed by atoms with E-state index in [2.05, 4.69) is 26.1 Å². The van der Waals surface area contributed by atoms with Gasteiger partial charge in [0.05, 0.1) is 5.75 Å². The van der Waals surface area contributed by atoms with Gasteiger partial charge < -0.3 is 11.1 Å². The highest BCUT2D eigenvalue weighted by atomic mass is 32.2. The Morgan fingerprint density at radius 1 is 1.30 bits per heavy atom. The molecular weight excluding hydrogens is 268 g/mol. The van der Waals surface area contributed by atoms with E-state index in [4.69, 9.17) is 5.73 Å². The quantitative estimate of drug-likeness (QED) is 0.596. The van der Waals surface area contributed by atoms with Crippen LogP contribution in [0.15, 0.2) is 23.1 Å². The zero-order chi connectivity index (χ0) is 15.1. The van der Waals surface area contributed by atoms with Crippen molar-refractivity contribution < 1.29 is 4.79 Å². The van der Waals surface area contributed by atoms with Gasteiger partial charge in [-0.25, -0.2) is 0 Å². The topological polar surface area (TPSA) is 55.1 Å². The SMILES string of the molecule is Cc1cc(N)ccc1SCC(=O)NC(C)CCC(C)C. The van der Waals surface area contributed by atoms with Gasteiger partial charge in [0.2, 0.25) is 5.91 Å². The van der Waals surface area contributed by atoms with Crippen LogP contribution in [0.3, 0.4) is 0 Å². The van der Waals surface area contributed by atoms with E-state index in [-0.39, 0.29) is 11.9 Å². The van der Waals surface area contributed by atoms with Gasteiger partial charge in [-0.15, -0.1) is 11.8 Å². The van der Waals surface area contributed by atoms with E-state index < -0.39 is 0 Å². The van der Waals surface area contributed by atoms with Crippen LogP contribution in [0.2, 0.25) is 0 Å². The van der Waals surface area contributed by atoms with Gasteiger partial charge >= 0.3 is 0 Å². The molecule has 1 atom stereocenters. The first-order valence-electron chi connectivity index (χ1n) is 7.16. The summed E-state index contributed by atoms with van der Waals surface area (Å²) in [5.74, 6) is 1.24. The minimum Gasteiger partial charge on any atom is -0.399 e. The predicted molar refractivity (Wildman–Crippen MR) is 88.0 cm³/mol. The monoisotopic (exact) mass is 294 g/mol. The molecule has 1 rings (SSSR count). The minimum absolute atomic E-state index is 0.0995. The Kier molecular flexibility index (Phi) is 6.93. The lowest BCUT2D eigenvalue weighted by Crippen LogP contribution is -2.34. The van der Waals surface area contributed by atoms with E-state index in [0.717, 1.165) is 29.0 Å². The largest absolute Gasteiger partial charge is 0.399 e. The maximum atomic E-state index is 11.9. The standard InChI is InChI=1S/C16H26N2OS/c1-11(2)5-6-13(4)18-16(19)10-20-15-8-7-14(17)9-12(15)3/h7-9,11,13H,5-6,10,17H2,1-4H3,(H,18,19). The first-order chi connectivity index (χ1) is 9.38. The number of carbonyl (C=O) groups is 1. The fraction of sp³-hybridized carbons (Fsp3) is 0.562. The van der Waals surface area contributed by atoms with E-state index in [1.54, 1.807) is 11.8 Å². The summed E-state index contributed by atoms with van der Waals surface area (Å²) in [6.07, 6.45) is 2.18. The van der Waals surface area contributed by atoms with E-state index >= 15 is 0 Å². The van der Waals surface area contributed by atoms with Crippen LogP contribution in [0.4, 0.5) is 5.69 Å². The van der Waals surface area contributed by atoms with Crippen LogP contribution in [-0.2, 0) is 4.79 Å². The second kappa shape index (κ2) is 8.20. The molecule has 0 saturated carbocycles. The van der Waals surface area contributed by atoms with Crippen LogP contribution in [0.1, 0.15) is 39.2 Å². The molecule has 0 radical (unpaired) electrons. The molecule has 20 heavy (non-hydrogen) atoms. The van der Waals surface area contributed by atoms with Crippen molar-refractivity contribution >= 4 is 23.4 Å². The number of amides is 1. The molecule has 0 fully saturated rings. The van der Waals surface area contributed by atoms with Gasteiger partial charge in [0, 0.05) is 16.6 Å². The number of rotatable bonds is 7. The highest BCUT2D eigenvalue weighted by Gasteiger charge is 2.09. The van der Waals surface area contributed by atoms with Crippen molar-refractivity contribution in [3.05, 3.63) is 23.8 Å². The third-order valence-electron chi connectivity index (χ3n) is 3.14. The average molecular weight is 294 g/mol. The van der Waals surface area contributed by atoms with Crippen molar-refractivity contribution in [3.8, 4) is 0 Å². The van der Waals surface area contributed by atoms with Gasteiger partial charge in [-0.3, -0.25) is 4.79 Å². The van der Waals surface area contributed by atoms with Crippen LogP contribution in [0.25, 0.3) is 0 Å². The molecule has 4 heteroatoms. The Morgan fingerprint density at radius 3 is 2.60 bits per heavy atom. The summed E-state index contributed by atoms with van der Waals surface area (Å²) in [6, 6.07) is 6.03. The van der Waals surface area contributed by atoms with Crippen molar-refractivity contribution in [2.45, 2.75) is 51.5 Å². The lowest BCUT2D eigenvalue weighted by Gasteiger charge is -2.15. The molecule has 0 spiro atoms. The molecule has 1 aromatic carbocycles. The molecular formula is C16H26N2OS. The summed E-state index contributed by atoms with van der Waals surface area (Å²) in [7, 11) is 0. The van der Waals surface area contributed by atoms with E-state index in [1.807, 2.05) is 25.1 Å². The smallest absolute Gasteiger partial charge is 0.230 e. The van der Waals surface area contributed by atoms with Crippen molar-refractivity contribution in [2.75, 3.05) is 11.5 Å². The molecule has 112 valence electrons. The summed E-state index contributed by atoms with van der Waals surface area (Å²) < 4.78 is 0. The van der Waals surface area contributed by atoms with Crippen LogP contribution in [0, 0.1) is 12.8 Å². The summed E-state index contributed by atoms with van der Waals surface area (Å²) in [5.41, 5.74) is 7.60.